The molecule has 190 valence electrons. The van der Waals surface area contributed by atoms with Crippen molar-refractivity contribution in [3.8, 4) is 0 Å². The van der Waals surface area contributed by atoms with E-state index in [1.165, 1.54) is 0 Å². The van der Waals surface area contributed by atoms with E-state index in [9.17, 15) is 18.3 Å². The van der Waals surface area contributed by atoms with Gasteiger partial charge in [-0.2, -0.15) is 0 Å². The third-order valence-electron chi connectivity index (χ3n) is 8.40. The Kier molecular flexibility index (Phi) is 7.52. The van der Waals surface area contributed by atoms with Crippen LogP contribution < -0.4 is 0 Å². The normalized spacial score (nSPS) is 29.7. The summed E-state index contributed by atoms with van der Waals surface area (Å²) in [6, 6.07) is 8.80. The Hall–Kier alpha value is -1.89. The molecule has 2 aromatic rings. The molecular formula is C29H35F3O3. The third-order valence-corrected chi connectivity index (χ3v) is 8.40. The average molecular weight is 489 g/mol. The van der Waals surface area contributed by atoms with Crippen LogP contribution in [0.5, 0.6) is 0 Å². The maximum absolute atomic E-state index is 14.9. The van der Waals surface area contributed by atoms with Crippen molar-refractivity contribution in [3.05, 3.63) is 70.0 Å². The van der Waals surface area contributed by atoms with Crippen LogP contribution in [0.15, 0.2) is 30.3 Å². The molecule has 2 saturated carbocycles. The van der Waals surface area contributed by atoms with Gasteiger partial charge in [0.25, 0.3) is 0 Å². The van der Waals surface area contributed by atoms with E-state index < -0.39 is 11.6 Å². The van der Waals surface area contributed by atoms with Gasteiger partial charge in [-0.3, -0.25) is 0 Å². The number of ether oxygens (including phenoxy) is 2. The van der Waals surface area contributed by atoms with Crippen LogP contribution in [0.3, 0.4) is 0 Å². The number of aliphatic hydroxyl groups excluding tert-OH is 1. The van der Waals surface area contributed by atoms with Crippen molar-refractivity contribution >= 4 is 0 Å². The molecule has 3 aliphatic rings. The Bertz CT molecular complexity index is 1020. The van der Waals surface area contributed by atoms with Crippen LogP contribution in [0.4, 0.5) is 13.2 Å². The fourth-order valence-corrected chi connectivity index (χ4v) is 6.01. The van der Waals surface area contributed by atoms with Gasteiger partial charge in [0, 0.05) is 5.56 Å². The summed E-state index contributed by atoms with van der Waals surface area (Å²) in [5, 5.41) is 9.78. The van der Waals surface area contributed by atoms with Gasteiger partial charge in [-0.25, -0.2) is 13.2 Å². The lowest BCUT2D eigenvalue weighted by Crippen LogP contribution is -2.23. The summed E-state index contributed by atoms with van der Waals surface area (Å²) < 4.78 is 55.6. The highest BCUT2D eigenvalue weighted by Crippen LogP contribution is 2.40. The second-order valence-electron chi connectivity index (χ2n) is 10.7. The van der Waals surface area contributed by atoms with Crippen LogP contribution >= 0.6 is 0 Å². The van der Waals surface area contributed by atoms with Crippen LogP contribution in [0.1, 0.15) is 98.5 Å². The quantitative estimate of drug-likeness (QED) is 0.424. The molecule has 2 aromatic carbocycles. The minimum absolute atomic E-state index is 0.00370. The molecule has 1 heterocycles. The Morgan fingerprint density at radius 2 is 1.51 bits per heavy atom. The second-order valence-corrected chi connectivity index (χ2v) is 10.7. The fraction of sp³-hybridized carbons (Fsp3) is 0.586. The van der Waals surface area contributed by atoms with Gasteiger partial charge in [-0.15, -0.1) is 0 Å². The van der Waals surface area contributed by atoms with Crippen molar-refractivity contribution in [1.29, 1.82) is 0 Å². The number of hydrogen-bond acceptors (Lipinski definition) is 3. The van der Waals surface area contributed by atoms with E-state index in [4.69, 9.17) is 9.47 Å². The fourth-order valence-electron chi connectivity index (χ4n) is 6.01. The first-order chi connectivity index (χ1) is 16.9. The van der Waals surface area contributed by atoms with Crippen LogP contribution in [-0.4, -0.2) is 23.9 Å². The van der Waals surface area contributed by atoms with E-state index in [1.54, 1.807) is 25.1 Å². The summed E-state index contributed by atoms with van der Waals surface area (Å²) in [6.07, 6.45) is 6.02. The van der Waals surface area contributed by atoms with E-state index in [2.05, 4.69) is 0 Å². The number of epoxide rings is 1. The zero-order valence-corrected chi connectivity index (χ0v) is 20.3. The lowest BCUT2D eigenvalue weighted by molar-refractivity contribution is 0.0116. The molecule has 2 atom stereocenters. The first-order valence-electron chi connectivity index (χ1n) is 13.1. The first-order valence-corrected chi connectivity index (χ1v) is 13.1. The minimum atomic E-state index is -0.810. The molecule has 6 heteroatoms. The first kappa shape index (κ1) is 24.8. The predicted molar refractivity (Wildman–Crippen MR) is 128 cm³/mol. The molecule has 2 aliphatic carbocycles. The summed E-state index contributed by atoms with van der Waals surface area (Å²) in [4.78, 5) is 0. The topological polar surface area (TPSA) is 42.0 Å². The standard InChI is InChI=1S/C29H35F3O3/c1-17(33)18-2-4-20(5-3-18)25-13-9-22(28(31)29(25)32)15-34-23-10-6-19(7-11-23)24-12-8-21(14-26(24)30)27-16-35-27/h8-9,12-14,17-20,23,27,33H,2-7,10-11,15-16H2,1H3. The van der Waals surface area contributed by atoms with Gasteiger partial charge in [-0.1, -0.05) is 24.3 Å². The molecule has 35 heavy (non-hydrogen) atoms. The third kappa shape index (κ3) is 5.60. The second kappa shape index (κ2) is 10.6. The Morgan fingerprint density at radius 1 is 0.886 bits per heavy atom. The summed E-state index contributed by atoms with van der Waals surface area (Å²) in [6.45, 7) is 2.50. The van der Waals surface area contributed by atoms with Crippen molar-refractivity contribution in [2.45, 2.75) is 95.0 Å². The molecule has 1 N–H and O–H groups in total. The van der Waals surface area contributed by atoms with Crippen molar-refractivity contribution in [3.63, 3.8) is 0 Å². The van der Waals surface area contributed by atoms with E-state index in [-0.39, 0.29) is 54.1 Å². The number of aliphatic hydroxyl groups is 1. The lowest BCUT2D eigenvalue weighted by Gasteiger charge is -2.31. The molecule has 3 nitrogen and oxygen atoms in total. The van der Waals surface area contributed by atoms with Gasteiger partial charge in [0.05, 0.1) is 25.4 Å². The largest absolute Gasteiger partial charge is 0.393 e. The van der Waals surface area contributed by atoms with Crippen molar-refractivity contribution < 1.29 is 27.8 Å². The zero-order valence-electron chi connectivity index (χ0n) is 20.3. The van der Waals surface area contributed by atoms with Crippen molar-refractivity contribution in [1.82, 2.24) is 0 Å². The molecule has 5 rings (SSSR count). The molecule has 3 fully saturated rings. The van der Waals surface area contributed by atoms with E-state index in [0.29, 0.717) is 12.2 Å². The summed E-state index contributed by atoms with van der Waals surface area (Å²) in [7, 11) is 0. The van der Waals surface area contributed by atoms with Gasteiger partial charge in [0.15, 0.2) is 11.6 Å². The minimum Gasteiger partial charge on any atom is -0.393 e. The zero-order chi connectivity index (χ0) is 24.5. The number of rotatable bonds is 7. The molecular weight excluding hydrogens is 453 g/mol. The maximum atomic E-state index is 14.9. The number of halogens is 3. The highest BCUT2D eigenvalue weighted by molar-refractivity contribution is 5.31. The van der Waals surface area contributed by atoms with Crippen LogP contribution in [0.2, 0.25) is 0 Å². The Morgan fingerprint density at radius 3 is 2.14 bits per heavy atom. The smallest absolute Gasteiger partial charge is 0.164 e. The van der Waals surface area contributed by atoms with E-state index in [1.807, 2.05) is 12.1 Å². The Balaban J connectivity index is 1.13. The predicted octanol–water partition coefficient (Wildman–Crippen LogP) is 7.07. The monoisotopic (exact) mass is 488 g/mol. The molecule has 0 radical (unpaired) electrons. The van der Waals surface area contributed by atoms with Crippen LogP contribution in [0, 0.1) is 23.4 Å². The van der Waals surface area contributed by atoms with Crippen LogP contribution in [0.25, 0.3) is 0 Å². The van der Waals surface area contributed by atoms with Crippen molar-refractivity contribution in [2.24, 2.45) is 5.92 Å². The number of benzene rings is 2. The molecule has 0 aromatic heterocycles. The van der Waals surface area contributed by atoms with Gasteiger partial charge in [0.2, 0.25) is 0 Å². The van der Waals surface area contributed by atoms with Gasteiger partial charge in [-0.05, 0) is 98.8 Å². The number of hydrogen-bond donors (Lipinski definition) is 1. The summed E-state index contributed by atoms with van der Waals surface area (Å²) in [5.41, 5.74) is 2.34. The molecule has 0 amide bonds. The van der Waals surface area contributed by atoms with Gasteiger partial charge >= 0.3 is 0 Å². The van der Waals surface area contributed by atoms with Gasteiger partial charge in [0.1, 0.15) is 11.9 Å². The molecule has 1 saturated heterocycles. The highest BCUT2D eigenvalue weighted by atomic mass is 19.2. The molecule has 1 aliphatic heterocycles. The molecule has 0 bridgehead atoms. The van der Waals surface area contributed by atoms with Gasteiger partial charge < -0.3 is 14.6 Å². The SMILES string of the molecule is CC(O)C1CCC(c2ccc(COC3CCC(c4ccc(C5CO5)cc4F)CC3)c(F)c2F)CC1. The van der Waals surface area contributed by atoms with Crippen LogP contribution in [-0.2, 0) is 16.1 Å². The Labute approximate surface area is 205 Å². The summed E-state index contributed by atoms with van der Waals surface area (Å²) in [5.74, 6) is -1.34. The van der Waals surface area contributed by atoms with Crippen molar-refractivity contribution in [2.75, 3.05) is 6.61 Å². The lowest BCUT2D eigenvalue weighted by atomic mass is 9.76. The molecule has 2 unspecified atom stereocenters. The maximum Gasteiger partial charge on any atom is 0.164 e. The highest BCUT2D eigenvalue weighted by Gasteiger charge is 2.30. The average Bonchev–Trinajstić information content (AvgIpc) is 3.71. The van der Waals surface area contributed by atoms with E-state index >= 15 is 0 Å². The van der Waals surface area contributed by atoms with E-state index in [0.717, 1.165) is 62.5 Å². The summed E-state index contributed by atoms with van der Waals surface area (Å²) >= 11 is 0. The molecule has 0 spiro atoms.